The van der Waals surface area contributed by atoms with Gasteiger partial charge in [-0.1, -0.05) is 77.4 Å². The van der Waals surface area contributed by atoms with Crippen LogP contribution in [0, 0.1) is 12.7 Å². The Kier molecular flexibility index (Phi) is 10.1. The third-order valence-electron chi connectivity index (χ3n) is 6.38. The summed E-state index contributed by atoms with van der Waals surface area (Å²) >= 11 is 7.48. The van der Waals surface area contributed by atoms with Crippen molar-refractivity contribution in [3.05, 3.63) is 148 Å². The Morgan fingerprint density at radius 3 is 2.29 bits per heavy atom. The lowest BCUT2D eigenvalue weighted by Crippen LogP contribution is -2.30. The van der Waals surface area contributed by atoms with Crippen LogP contribution in [0.3, 0.4) is 0 Å². The molecule has 1 unspecified atom stereocenters. The molecule has 3 amide bonds. The van der Waals surface area contributed by atoms with Crippen LogP contribution < -0.4 is 16.0 Å². The summed E-state index contributed by atoms with van der Waals surface area (Å²) in [5.74, 6) is -1.39. The van der Waals surface area contributed by atoms with Crippen LogP contribution in [-0.4, -0.2) is 22.9 Å². The molecule has 0 aliphatic rings. The first-order valence-corrected chi connectivity index (χ1v) is 14.9. The fourth-order valence-electron chi connectivity index (χ4n) is 4.23. The summed E-state index contributed by atoms with van der Waals surface area (Å²) in [6.07, 6.45) is 1.19. The van der Waals surface area contributed by atoms with Gasteiger partial charge in [0.1, 0.15) is 22.5 Å². The van der Waals surface area contributed by atoms with Crippen molar-refractivity contribution in [3.63, 3.8) is 0 Å². The van der Waals surface area contributed by atoms with Gasteiger partial charge in [0.25, 0.3) is 11.8 Å². The van der Waals surface area contributed by atoms with Gasteiger partial charge in [-0.3, -0.25) is 14.4 Å². The number of rotatable bonds is 10. The predicted molar refractivity (Wildman–Crippen MR) is 173 cm³/mol. The molecule has 3 N–H and O–H groups in total. The molecule has 11 heteroatoms. The first-order chi connectivity index (χ1) is 21.8. The minimum Gasteiger partial charge on any atom is -0.360 e. The number of halogens is 2. The second-order valence-electron chi connectivity index (χ2n) is 9.72. The summed E-state index contributed by atoms with van der Waals surface area (Å²) in [6.45, 7) is 1.73. The molecule has 8 nitrogen and oxygen atoms in total. The van der Waals surface area contributed by atoms with E-state index in [0.717, 1.165) is 5.56 Å². The molecular formula is C34H26ClFN4O4S. The summed E-state index contributed by atoms with van der Waals surface area (Å²) in [4.78, 5) is 40.5. The zero-order valence-electron chi connectivity index (χ0n) is 23.8. The number of benzene rings is 4. The largest absolute Gasteiger partial charge is 0.360 e. The van der Waals surface area contributed by atoms with E-state index in [0.29, 0.717) is 27.7 Å². The van der Waals surface area contributed by atoms with Crippen LogP contribution in [0.15, 0.2) is 124 Å². The number of carbonyl (C=O) groups is 3. The number of nitrogens with zero attached hydrogens (tertiary/aromatic N) is 1. The number of carbonyl (C=O) groups excluding carboxylic acids is 3. The summed E-state index contributed by atoms with van der Waals surface area (Å²) in [5, 5.41) is 11.4. The Morgan fingerprint density at radius 2 is 1.60 bits per heavy atom. The Balaban J connectivity index is 1.39. The SMILES string of the molecule is Cc1cc(NC(=O)C(Sc2cccc(NC(=O)/C(=C\c3c(F)cccc3Cl)NC(=O)c3ccccc3)c2)c2ccccc2)no1. The van der Waals surface area contributed by atoms with Gasteiger partial charge in [-0.2, -0.15) is 0 Å². The molecule has 0 spiro atoms. The Morgan fingerprint density at radius 1 is 0.889 bits per heavy atom. The number of thioether (sulfide) groups is 1. The molecule has 0 saturated heterocycles. The van der Waals surface area contributed by atoms with E-state index in [9.17, 15) is 18.8 Å². The van der Waals surface area contributed by atoms with Crippen LogP contribution in [0.4, 0.5) is 15.9 Å². The van der Waals surface area contributed by atoms with Gasteiger partial charge < -0.3 is 20.5 Å². The van der Waals surface area contributed by atoms with E-state index in [1.54, 1.807) is 67.6 Å². The zero-order valence-corrected chi connectivity index (χ0v) is 25.4. The predicted octanol–water partition coefficient (Wildman–Crippen LogP) is 7.66. The first kappa shape index (κ1) is 31.2. The molecule has 45 heavy (non-hydrogen) atoms. The lowest BCUT2D eigenvalue weighted by Gasteiger charge is -2.17. The van der Waals surface area contributed by atoms with Crippen molar-refractivity contribution in [2.75, 3.05) is 10.6 Å². The van der Waals surface area contributed by atoms with Gasteiger partial charge in [0.2, 0.25) is 5.91 Å². The average Bonchev–Trinajstić information content (AvgIpc) is 3.46. The van der Waals surface area contributed by atoms with Crippen LogP contribution in [0.1, 0.15) is 32.5 Å². The topological polar surface area (TPSA) is 113 Å². The Labute approximate surface area is 267 Å². The van der Waals surface area contributed by atoms with Crippen molar-refractivity contribution in [2.45, 2.75) is 17.1 Å². The summed E-state index contributed by atoms with van der Waals surface area (Å²) < 4.78 is 19.7. The molecule has 1 atom stereocenters. The van der Waals surface area contributed by atoms with Crippen molar-refractivity contribution in [1.29, 1.82) is 0 Å². The van der Waals surface area contributed by atoms with E-state index in [1.165, 1.54) is 36.0 Å². The molecule has 5 aromatic rings. The van der Waals surface area contributed by atoms with Gasteiger partial charge >= 0.3 is 0 Å². The zero-order chi connectivity index (χ0) is 31.8. The molecule has 0 fully saturated rings. The van der Waals surface area contributed by atoms with E-state index >= 15 is 0 Å². The van der Waals surface area contributed by atoms with Gasteiger partial charge in [-0.15, -0.1) is 11.8 Å². The lowest BCUT2D eigenvalue weighted by atomic mass is 10.1. The highest BCUT2D eigenvalue weighted by Crippen LogP contribution is 2.37. The van der Waals surface area contributed by atoms with E-state index in [-0.39, 0.29) is 22.2 Å². The number of hydrogen-bond donors (Lipinski definition) is 3. The molecule has 0 bridgehead atoms. The number of anilines is 2. The molecule has 5 rings (SSSR count). The van der Waals surface area contributed by atoms with E-state index in [4.69, 9.17) is 16.1 Å². The maximum Gasteiger partial charge on any atom is 0.272 e. The van der Waals surface area contributed by atoms with E-state index in [1.807, 2.05) is 30.3 Å². The second-order valence-corrected chi connectivity index (χ2v) is 11.3. The minimum atomic E-state index is -0.709. The fourth-order valence-corrected chi connectivity index (χ4v) is 5.54. The standard InChI is InChI=1S/C34H26ClFN4O4S/c1-21-18-30(40-44-21)39-34(43)31(22-10-4-2-5-11-22)45-25-15-8-14-24(19-25)37-33(42)29(20-26-27(35)16-9-17-28(26)36)38-32(41)23-12-6-3-7-13-23/h2-20,31H,1H3,(H,37,42)(H,38,41)(H,39,40,43)/b29-20+. The molecule has 1 aromatic heterocycles. The highest BCUT2D eigenvalue weighted by molar-refractivity contribution is 8.00. The summed E-state index contributed by atoms with van der Waals surface area (Å²) in [5.41, 5.74) is 1.16. The number of nitrogens with one attached hydrogen (secondary N) is 3. The average molecular weight is 641 g/mol. The maximum absolute atomic E-state index is 14.7. The highest BCUT2D eigenvalue weighted by atomic mass is 35.5. The van der Waals surface area contributed by atoms with Gasteiger partial charge in [-0.05, 0) is 61.0 Å². The first-order valence-electron chi connectivity index (χ1n) is 13.7. The molecule has 226 valence electrons. The molecule has 0 aliphatic carbocycles. The summed E-state index contributed by atoms with van der Waals surface area (Å²) in [6, 6.07) is 30.2. The third kappa shape index (κ3) is 8.26. The van der Waals surface area contributed by atoms with Gasteiger partial charge in [-0.25, -0.2) is 4.39 Å². The molecule has 4 aromatic carbocycles. The van der Waals surface area contributed by atoms with Crippen molar-refractivity contribution >= 4 is 58.7 Å². The number of aryl methyl sites for hydroxylation is 1. The maximum atomic E-state index is 14.7. The second kappa shape index (κ2) is 14.5. The van der Waals surface area contributed by atoms with Crippen LogP contribution >= 0.6 is 23.4 Å². The third-order valence-corrected chi connectivity index (χ3v) is 7.96. The lowest BCUT2D eigenvalue weighted by molar-refractivity contribution is -0.116. The fraction of sp³-hybridized carbons (Fsp3) is 0.0588. The molecule has 0 aliphatic heterocycles. The van der Waals surface area contributed by atoms with Crippen LogP contribution in [0.5, 0.6) is 0 Å². The van der Waals surface area contributed by atoms with Gasteiger partial charge in [0.15, 0.2) is 5.82 Å². The number of hydrogen-bond acceptors (Lipinski definition) is 6. The van der Waals surface area contributed by atoms with Crippen LogP contribution in [0.25, 0.3) is 6.08 Å². The normalized spacial score (nSPS) is 11.8. The number of aromatic nitrogens is 1. The molecule has 1 heterocycles. The quantitative estimate of drug-likeness (QED) is 0.107. The molecule has 0 saturated carbocycles. The molecular weight excluding hydrogens is 615 g/mol. The van der Waals surface area contributed by atoms with E-state index in [2.05, 4.69) is 21.1 Å². The summed E-state index contributed by atoms with van der Waals surface area (Å²) in [7, 11) is 0. The Bertz CT molecular complexity index is 1840. The van der Waals surface area contributed by atoms with Crippen molar-refractivity contribution in [2.24, 2.45) is 0 Å². The van der Waals surface area contributed by atoms with E-state index < -0.39 is 22.9 Å². The van der Waals surface area contributed by atoms with Crippen molar-refractivity contribution < 1.29 is 23.3 Å². The minimum absolute atomic E-state index is 0.0546. The highest BCUT2D eigenvalue weighted by Gasteiger charge is 2.24. The Hall–Kier alpha value is -5.19. The monoisotopic (exact) mass is 640 g/mol. The van der Waals surface area contributed by atoms with Gasteiger partial charge in [0, 0.05) is 27.8 Å². The van der Waals surface area contributed by atoms with Gasteiger partial charge in [0.05, 0.1) is 5.02 Å². The van der Waals surface area contributed by atoms with Crippen LogP contribution in [0.2, 0.25) is 5.02 Å². The van der Waals surface area contributed by atoms with Crippen molar-refractivity contribution in [1.82, 2.24) is 10.5 Å². The number of amides is 3. The molecule has 0 radical (unpaired) electrons. The van der Waals surface area contributed by atoms with Crippen molar-refractivity contribution in [3.8, 4) is 0 Å². The van der Waals surface area contributed by atoms with Crippen LogP contribution in [-0.2, 0) is 9.59 Å². The smallest absolute Gasteiger partial charge is 0.272 e.